The van der Waals surface area contributed by atoms with E-state index in [9.17, 15) is 5.11 Å². The smallest absolute Gasteiger partial charge is 0.141 e. The average molecular weight is 217 g/mol. The molecule has 0 saturated carbocycles. The normalized spacial score (nSPS) is 10.6. The van der Waals surface area contributed by atoms with Gasteiger partial charge in [0.25, 0.3) is 0 Å². The maximum atomic E-state index is 9.65. The van der Waals surface area contributed by atoms with Crippen LogP contribution in [-0.2, 0) is 0 Å². The monoisotopic (exact) mass is 217 g/mol. The Morgan fingerprint density at radius 2 is 2.19 bits per heavy atom. The van der Waals surface area contributed by atoms with Gasteiger partial charge in [-0.25, -0.2) is 0 Å². The highest BCUT2D eigenvalue weighted by molar-refractivity contribution is 5.89. The standard InChI is InChI=1S/C13H15NO2/c1-2-3-9-16-12-7-8-14-13-10(12)5-4-6-11(13)15/h4-8,15H,2-3,9H2,1H3. The molecular weight excluding hydrogens is 202 g/mol. The van der Waals surface area contributed by atoms with Crippen LogP contribution in [0.2, 0.25) is 0 Å². The largest absolute Gasteiger partial charge is 0.506 e. The summed E-state index contributed by atoms with van der Waals surface area (Å²) < 4.78 is 5.66. The van der Waals surface area contributed by atoms with E-state index in [1.165, 1.54) is 0 Å². The van der Waals surface area contributed by atoms with Crippen LogP contribution in [0.5, 0.6) is 11.5 Å². The van der Waals surface area contributed by atoms with Gasteiger partial charge in [0, 0.05) is 11.6 Å². The Hall–Kier alpha value is -1.77. The maximum Gasteiger partial charge on any atom is 0.141 e. The van der Waals surface area contributed by atoms with Gasteiger partial charge in [0.1, 0.15) is 17.0 Å². The summed E-state index contributed by atoms with van der Waals surface area (Å²) in [5, 5.41) is 10.5. The second-order valence-corrected chi connectivity index (χ2v) is 3.68. The molecule has 0 aliphatic heterocycles. The molecule has 3 heteroatoms. The molecule has 0 bridgehead atoms. The molecule has 16 heavy (non-hydrogen) atoms. The topological polar surface area (TPSA) is 42.4 Å². The van der Waals surface area contributed by atoms with Crippen molar-refractivity contribution in [3.05, 3.63) is 30.5 Å². The summed E-state index contributed by atoms with van der Waals surface area (Å²) in [6, 6.07) is 7.16. The summed E-state index contributed by atoms with van der Waals surface area (Å²) in [7, 11) is 0. The molecule has 1 N–H and O–H groups in total. The molecule has 1 aromatic carbocycles. The van der Waals surface area contributed by atoms with Gasteiger partial charge in [-0.15, -0.1) is 0 Å². The summed E-state index contributed by atoms with van der Waals surface area (Å²) in [4.78, 5) is 4.14. The molecule has 1 aromatic heterocycles. The van der Waals surface area contributed by atoms with Crippen LogP contribution in [0.15, 0.2) is 30.5 Å². The third kappa shape index (κ3) is 2.08. The first-order valence-electron chi connectivity index (χ1n) is 5.52. The van der Waals surface area contributed by atoms with Gasteiger partial charge in [0.15, 0.2) is 0 Å². The molecule has 84 valence electrons. The van der Waals surface area contributed by atoms with Crippen LogP contribution in [-0.4, -0.2) is 16.7 Å². The van der Waals surface area contributed by atoms with E-state index in [1.807, 2.05) is 12.1 Å². The van der Waals surface area contributed by atoms with Crippen molar-refractivity contribution < 1.29 is 9.84 Å². The van der Waals surface area contributed by atoms with Gasteiger partial charge in [-0.2, -0.15) is 0 Å². The summed E-state index contributed by atoms with van der Waals surface area (Å²) >= 11 is 0. The van der Waals surface area contributed by atoms with Crippen LogP contribution >= 0.6 is 0 Å². The molecule has 0 aliphatic carbocycles. The fourth-order valence-corrected chi connectivity index (χ4v) is 1.59. The number of fused-ring (bicyclic) bond motifs is 1. The minimum Gasteiger partial charge on any atom is -0.506 e. The van der Waals surface area contributed by atoms with Gasteiger partial charge in [-0.05, 0) is 24.6 Å². The summed E-state index contributed by atoms with van der Waals surface area (Å²) in [6.07, 6.45) is 3.79. The number of aromatic hydroxyl groups is 1. The third-order valence-electron chi connectivity index (χ3n) is 2.47. The molecule has 3 nitrogen and oxygen atoms in total. The molecule has 0 aliphatic rings. The van der Waals surface area contributed by atoms with Gasteiger partial charge in [0.2, 0.25) is 0 Å². The summed E-state index contributed by atoms with van der Waals surface area (Å²) in [5.74, 6) is 0.979. The Labute approximate surface area is 94.7 Å². The van der Waals surface area contributed by atoms with Gasteiger partial charge < -0.3 is 9.84 Å². The SMILES string of the molecule is CCCCOc1ccnc2c(O)cccc12. The lowest BCUT2D eigenvalue weighted by atomic mass is 10.2. The predicted octanol–water partition coefficient (Wildman–Crippen LogP) is 3.12. The van der Waals surface area contributed by atoms with Crippen molar-refractivity contribution >= 4 is 10.9 Å². The van der Waals surface area contributed by atoms with E-state index in [1.54, 1.807) is 18.3 Å². The van der Waals surface area contributed by atoms with E-state index in [-0.39, 0.29) is 5.75 Å². The molecule has 0 fully saturated rings. The first-order valence-corrected chi connectivity index (χ1v) is 5.52. The zero-order valence-corrected chi connectivity index (χ0v) is 9.31. The minimum absolute atomic E-state index is 0.193. The molecule has 0 unspecified atom stereocenters. The number of benzene rings is 1. The van der Waals surface area contributed by atoms with Crippen LogP contribution < -0.4 is 4.74 Å². The number of hydrogen-bond donors (Lipinski definition) is 1. The fourth-order valence-electron chi connectivity index (χ4n) is 1.59. The Bertz CT molecular complexity index is 482. The average Bonchev–Trinajstić information content (AvgIpc) is 2.31. The summed E-state index contributed by atoms with van der Waals surface area (Å²) in [6.45, 7) is 2.82. The number of rotatable bonds is 4. The van der Waals surface area contributed by atoms with Crippen molar-refractivity contribution in [3.8, 4) is 11.5 Å². The van der Waals surface area contributed by atoms with Crippen LogP contribution in [0.25, 0.3) is 10.9 Å². The number of aromatic nitrogens is 1. The molecule has 0 saturated heterocycles. The lowest BCUT2D eigenvalue weighted by Crippen LogP contribution is -1.97. The molecule has 0 spiro atoms. The van der Waals surface area contributed by atoms with Crippen LogP contribution in [0.1, 0.15) is 19.8 Å². The second-order valence-electron chi connectivity index (χ2n) is 3.68. The minimum atomic E-state index is 0.193. The number of unbranched alkanes of at least 4 members (excludes halogenated alkanes) is 1. The first-order chi connectivity index (χ1) is 7.83. The van der Waals surface area contributed by atoms with Crippen molar-refractivity contribution in [2.75, 3.05) is 6.61 Å². The Morgan fingerprint density at radius 3 is 3.00 bits per heavy atom. The molecule has 1 heterocycles. The van der Waals surface area contributed by atoms with E-state index in [4.69, 9.17) is 4.74 Å². The van der Waals surface area contributed by atoms with E-state index in [0.29, 0.717) is 12.1 Å². The second kappa shape index (κ2) is 4.84. The van der Waals surface area contributed by atoms with Crippen molar-refractivity contribution in [3.63, 3.8) is 0 Å². The Morgan fingerprint density at radius 1 is 1.31 bits per heavy atom. The van der Waals surface area contributed by atoms with Crippen molar-refractivity contribution in [2.45, 2.75) is 19.8 Å². The Kier molecular flexibility index (Phi) is 3.25. The Balaban J connectivity index is 2.34. The van der Waals surface area contributed by atoms with Gasteiger partial charge in [0.05, 0.1) is 6.61 Å². The molecule has 0 radical (unpaired) electrons. The van der Waals surface area contributed by atoms with E-state index >= 15 is 0 Å². The fraction of sp³-hybridized carbons (Fsp3) is 0.308. The number of hydrogen-bond acceptors (Lipinski definition) is 3. The molecular formula is C13H15NO2. The highest BCUT2D eigenvalue weighted by atomic mass is 16.5. The number of para-hydroxylation sites is 1. The van der Waals surface area contributed by atoms with E-state index in [0.717, 1.165) is 24.0 Å². The predicted molar refractivity (Wildman–Crippen MR) is 63.8 cm³/mol. The van der Waals surface area contributed by atoms with Crippen molar-refractivity contribution in [2.24, 2.45) is 0 Å². The molecule has 2 aromatic rings. The van der Waals surface area contributed by atoms with Gasteiger partial charge in [-0.3, -0.25) is 4.98 Å². The lowest BCUT2D eigenvalue weighted by Gasteiger charge is -2.08. The highest BCUT2D eigenvalue weighted by Gasteiger charge is 2.05. The number of phenolic OH excluding ortho intramolecular Hbond substituents is 1. The molecule has 0 amide bonds. The highest BCUT2D eigenvalue weighted by Crippen LogP contribution is 2.29. The number of phenols is 1. The van der Waals surface area contributed by atoms with Crippen molar-refractivity contribution in [1.82, 2.24) is 4.98 Å². The van der Waals surface area contributed by atoms with E-state index in [2.05, 4.69) is 11.9 Å². The van der Waals surface area contributed by atoms with Crippen LogP contribution in [0.3, 0.4) is 0 Å². The molecule has 0 atom stereocenters. The van der Waals surface area contributed by atoms with Gasteiger partial charge in [-0.1, -0.05) is 19.4 Å². The number of nitrogens with zero attached hydrogens (tertiary/aromatic N) is 1. The van der Waals surface area contributed by atoms with Crippen LogP contribution in [0.4, 0.5) is 0 Å². The summed E-state index contributed by atoms with van der Waals surface area (Å²) in [5.41, 5.74) is 0.594. The third-order valence-corrected chi connectivity index (χ3v) is 2.47. The van der Waals surface area contributed by atoms with Crippen molar-refractivity contribution in [1.29, 1.82) is 0 Å². The number of pyridine rings is 1. The van der Waals surface area contributed by atoms with Gasteiger partial charge >= 0.3 is 0 Å². The quantitative estimate of drug-likeness (QED) is 0.800. The zero-order valence-electron chi connectivity index (χ0n) is 9.31. The first kappa shape index (κ1) is 10.7. The van der Waals surface area contributed by atoms with Crippen LogP contribution in [0, 0.1) is 0 Å². The maximum absolute atomic E-state index is 9.65. The molecule has 2 rings (SSSR count). The lowest BCUT2D eigenvalue weighted by molar-refractivity contribution is 0.312. The van der Waals surface area contributed by atoms with E-state index < -0.39 is 0 Å². The zero-order chi connectivity index (χ0) is 11.4. The number of ether oxygens (including phenoxy) is 1.